The van der Waals surface area contributed by atoms with Crippen LogP contribution in [-0.4, -0.2) is 18.3 Å². The molecule has 0 radical (unpaired) electrons. The Labute approximate surface area is 99.2 Å². The van der Waals surface area contributed by atoms with Crippen molar-refractivity contribution in [2.24, 2.45) is 5.10 Å². The summed E-state index contributed by atoms with van der Waals surface area (Å²) in [6.07, 6.45) is 0. The van der Waals surface area contributed by atoms with Crippen molar-refractivity contribution in [2.45, 2.75) is 13.8 Å². The predicted molar refractivity (Wildman–Crippen MR) is 64.8 cm³/mol. The van der Waals surface area contributed by atoms with Crippen LogP contribution in [0.5, 0.6) is 0 Å². The number of carbonyl (C=O) groups is 1. The highest BCUT2D eigenvalue weighted by molar-refractivity contribution is 6.35. The number of hydrogen-bond acceptors (Lipinski definition) is 4. The van der Waals surface area contributed by atoms with Crippen LogP contribution in [0.4, 0.5) is 5.69 Å². The van der Waals surface area contributed by atoms with E-state index in [0.717, 1.165) is 5.69 Å². The number of anilines is 1. The molecule has 16 heavy (non-hydrogen) atoms. The first-order valence-electron chi connectivity index (χ1n) is 4.86. The number of carbonyl (C=O) groups excluding carboxylic acids is 1. The van der Waals surface area contributed by atoms with Crippen molar-refractivity contribution in [1.29, 1.82) is 0 Å². The maximum absolute atomic E-state index is 11.2. The van der Waals surface area contributed by atoms with E-state index in [1.54, 1.807) is 38.1 Å². The Balaban J connectivity index is 2.62. The molecule has 1 aromatic carbocycles. The van der Waals surface area contributed by atoms with Crippen molar-refractivity contribution in [3.05, 3.63) is 29.3 Å². The zero-order chi connectivity index (χ0) is 12.0. The third-order valence-electron chi connectivity index (χ3n) is 1.75. The molecule has 0 unspecified atom stereocenters. The van der Waals surface area contributed by atoms with E-state index in [-0.39, 0.29) is 5.71 Å². The minimum Gasteiger partial charge on any atom is -0.461 e. The van der Waals surface area contributed by atoms with Crippen LogP contribution >= 0.6 is 11.6 Å². The largest absolute Gasteiger partial charge is 0.461 e. The predicted octanol–water partition coefficient (Wildman–Crippen LogP) is 2.69. The highest BCUT2D eigenvalue weighted by Crippen LogP contribution is 2.14. The normalized spacial score (nSPS) is 11.1. The smallest absolute Gasteiger partial charge is 0.354 e. The van der Waals surface area contributed by atoms with Gasteiger partial charge in [-0.3, -0.25) is 5.43 Å². The van der Waals surface area contributed by atoms with Crippen LogP contribution in [-0.2, 0) is 9.53 Å². The molecule has 0 aliphatic rings. The van der Waals surface area contributed by atoms with Gasteiger partial charge in [0.15, 0.2) is 0 Å². The lowest BCUT2D eigenvalue weighted by molar-refractivity contribution is -0.135. The van der Waals surface area contributed by atoms with E-state index in [4.69, 9.17) is 16.3 Å². The summed E-state index contributed by atoms with van der Waals surface area (Å²) in [7, 11) is 0. The molecule has 0 bridgehead atoms. The Hall–Kier alpha value is -1.55. The maximum atomic E-state index is 11.2. The van der Waals surface area contributed by atoms with Gasteiger partial charge < -0.3 is 4.74 Å². The number of hydrazone groups is 1. The Morgan fingerprint density at radius 1 is 1.56 bits per heavy atom. The van der Waals surface area contributed by atoms with Gasteiger partial charge in [-0.1, -0.05) is 17.7 Å². The first-order chi connectivity index (χ1) is 7.63. The number of hydrogen-bond donors (Lipinski definition) is 1. The molecule has 5 heteroatoms. The van der Waals surface area contributed by atoms with Gasteiger partial charge in [0, 0.05) is 5.02 Å². The molecule has 0 aliphatic carbocycles. The van der Waals surface area contributed by atoms with Crippen LogP contribution in [0.1, 0.15) is 13.8 Å². The first kappa shape index (κ1) is 12.5. The Morgan fingerprint density at radius 2 is 2.31 bits per heavy atom. The molecule has 0 amide bonds. The zero-order valence-corrected chi connectivity index (χ0v) is 9.91. The second-order valence-electron chi connectivity index (χ2n) is 3.04. The molecule has 86 valence electrons. The van der Waals surface area contributed by atoms with Crippen molar-refractivity contribution in [1.82, 2.24) is 0 Å². The van der Waals surface area contributed by atoms with E-state index in [2.05, 4.69) is 10.5 Å². The fraction of sp³-hybridized carbons (Fsp3) is 0.273. The van der Waals surface area contributed by atoms with E-state index < -0.39 is 5.97 Å². The van der Waals surface area contributed by atoms with Gasteiger partial charge in [-0.25, -0.2) is 4.79 Å². The van der Waals surface area contributed by atoms with Crippen molar-refractivity contribution in [3.8, 4) is 0 Å². The van der Waals surface area contributed by atoms with Crippen molar-refractivity contribution < 1.29 is 9.53 Å². The molecule has 0 aliphatic heterocycles. The third kappa shape index (κ3) is 3.90. The summed E-state index contributed by atoms with van der Waals surface area (Å²) in [4.78, 5) is 11.2. The van der Waals surface area contributed by atoms with Crippen molar-refractivity contribution in [3.63, 3.8) is 0 Å². The van der Waals surface area contributed by atoms with Gasteiger partial charge in [0.25, 0.3) is 0 Å². The van der Waals surface area contributed by atoms with Gasteiger partial charge in [-0.15, -0.1) is 0 Å². The molecule has 0 aromatic heterocycles. The van der Waals surface area contributed by atoms with Crippen LogP contribution in [0, 0.1) is 0 Å². The molecular formula is C11H13ClN2O2. The third-order valence-corrected chi connectivity index (χ3v) is 1.98. The molecule has 1 N–H and O–H groups in total. The topological polar surface area (TPSA) is 50.7 Å². The number of benzene rings is 1. The minimum absolute atomic E-state index is 0.266. The zero-order valence-electron chi connectivity index (χ0n) is 9.16. The monoisotopic (exact) mass is 240 g/mol. The molecule has 0 fully saturated rings. The van der Waals surface area contributed by atoms with E-state index >= 15 is 0 Å². The quantitative estimate of drug-likeness (QED) is 0.500. The highest BCUT2D eigenvalue weighted by Gasteiger charge is 2.05. The number of nitrogens with one attached hydrogen (secondary N) is 1. The van der Waals surface area contributed by atoms with Gasteiger partial charge >= 0.3 is 5.97 Å². The number of esters is 1. The molecular weight excluding hydrogens is 228 g/mol. The van der Waals surface area contributed by atoms with E-state index in [1.165, 1.54) is 0 Å². The number of ether oxygens (including phenoxy) is 1. The van der Waals surface area contributed by atoms with Crippen molar-refractivity contribution >= 4 is 29.0 Å². The Morgan fingerprint density at radius 3 is 2.94 bits per heavy atom. The molecule has 0 saturated heterocycles. The van der Waals surface area contributed by atoms with Crippen LogP contribution < -0.4 is 5.43 Å². The van der Waals surface area contributed by atoms with Gasteiger partial charge in [0.05, 0.1) is 12.3 Å². The summed E-state index contributed by atoms with van der Waals surface area (Å²) >= 11 is 5.79. The standard InChI is InChI=1S/C11H13ClN2O2/c1-3-16-11(15)8(2)13-14-10-6-4-5-9(12)7-10/h4-7,14H,3H2,1-2H3. The number of rotatable bonds is 4. The van der Waals surface area contributed by atoms with Crippen LogP contribution in [0.2, 0.25) is 5.02 Å². The van der Waals surface area contributed by atoms with Crippen LogP contribution in [0.25, 0.3) is 0 Å². The summed E-state index contributed by atoms with van der Waals surface area (Å²) < 4.78 is 4.78. The summed E-state index contributed by atoms with van der Waals surface area (Å²) in [6.45, 7) is 3.66. The molecule has 1 rings (SSSR count). The summed E-state index contributed by atoms with van der Waals surface area (Å²) in [5.41, 5.74) is 3.71. The van der Waals surface area contributed by atoms with Gasteiger partial charge in [-0.05, 0) is 32.0 Å². The van der Waals surface area contributed by atoms with Gasteiger partial charge in [0.2, 0.25) is 0 Å². The molecule has 0 heterocycles. The second-order valence-corrected chi connectivity index (χ2v) is 3.48. The molecule has 1 aromatic rings. The molecule has 0 atom stereocenters. The van der Waals surface area contributed by atoms with Gasteiger partial charge in [0.1, 0.15) is 5.71 Å². The Kier molecular flexibility index (Phi) is 4.79. The lowest BCUT2D eigenvalue weighted by Crippen LogP contribution is -2.15. The molecule has 0 spiro atoms. The summed E-state index contributed by atoms with van der Waals surface area (Å²) in [6, 6.07) is 7.06. The summed E-state index contributed by atoms with van der Waals surface area (Å²) in [5, 5.41) is 4.49. The lowest BCUT2D eigenvalue weighted by atomic mass is 10.3. The van der Waals surface area contributed by atoms with Crippen molar-refractivity contribution in [2.75, 3.05) is 12.0 Å². The van der Waals surface area contributed by atoms with Crippen LogP contribution in [0.3, 0.4) is 0 Å². The SMILES string of the molecule is CCOC(=O)C(C)=NNc1cccc(Cl)c1. The van der Waals surface area contributed by atoms with E-state index in [1.807, 2.05) is 0 Å². The van der Waals surface area contributed by atoms with Gasteiger partial charge in [-0.2, -0.15) is 5.10 Å². The summed E-state index contributed by atoms with van der Waals surface area (Å²) in [5.74, 6) is -0.433. The molecule has 4 nitrogen and oxygen atoms in total. The average Bonchev–Trinajstić information content (AvgIpc) is 2.26. The Bertz CT molecular complexity index is 405. The fourth-order valence-electron chi connectivity index (χ4n) is 0.988. The maximum Gasteiger partial charge on any atom is 0.354 e. The van der Waals surface area contributed by atoms with E-state index in [0.29, 0.717) is 11.6 Å². The highest BCUT2D eigenvalue weighted by atomic mass is 35.5. The first-order valence-corrected chi connectivity index (χ1v) is 5.24. The second kappa shape index (κ2) is 6.12. The average molecular weight is 241 g/mol. The lowest BCUT2D eigenvalue weighted by Gasteiger charge is -2.03. The van der Waals surface area contributed by atoms with E-state index in [9.17, 15) is 4.79 Å². The van der Waals surface area contributed by atoms with Crippen LogP contribution in [0.15, 0.2) is 29.4 Å². The minimum atomic E-state index is -0.433. The fourth-order valence-corrected chi connectivity index (χ4v) is 1.18. The molecule has 0 saturated carbocycles. The number of halogens is 1. The number of nitrogens with zero attached hydrogens (tertiary/aromatic N) is 1.